The average Bonchev–Trinajstić information content (AvgIpc) is 2.76. The van der Waals surface area contributed by atoms with Gasteiger partial charge in [0, 0.05) is 24.5 Å². The fourth-order valence-corrected chi connectivity index (χ4v) is 3.57. The van der Waals surface area contributed by atoms with Crippen molar-refractivity contribution in [3.05, 3.63) is 65.7 Å². The number of benzene rings is 2. The highest BCUT2D eigenvalue weighted by Gasteiger charge is 2.43. The number of carbonyl (C=O) groups excluding carboxylic acids is 1. The molecule has 0 amide bonds. The molecule has 0 aliphatic carbocycles. The van der Waals surface area contributed by atoms with Gasteiger partial charge in [-0.1, -0.05) is 17.7 Å². The molecule has 3 aromatic rings. The molecule has 1 heterocycles. The van der Waals surface area contributed by atoms with Gasteiger partial charge in [0.15, 0.2) is 0 Å². The highest BCUT2D eigenvalue weighted by Crippen LogP contribution is 2.25. The van der Waals surface area contributed by atoms with Gasteiger partial charge in [-0.15, -0.1) is 0 Å². The van der Waals surface area contributed by atoms with Crippen molar-refractivity contribution in [3.63, 3.8) is 0 Å². The van der Waals surface area contributed by atoms with Crippen molar-refractivity contribution < 1.29 is 35.6 Å². The molecule has 15 heteroatoms. The molecule has 0 spiro atoms. The average molecular weight is 520 g/mol. The number of aromatic nitrogens is 2. The molecule has 0 aliphatic heterocycles. The minimum absolute atomic E-state index is 0.0516. The lowest BCUT2D eigenvalue weighted by atomic mass is 10.3. The summed E-state index contributed by atoms with van der Waals surface area (Å²) in [5.41, 5.74) is 0.551. The second-order valence-electron chi connectivity index (χ2n) is 6.49. The Kier molecular flexibility index (Phi) is 7.24. The van der Waals surface area contributed by atoms with E-state index in [9.17, 15) is 30.8 Å². The van der Waals surface area contributed by atoms with Crippen LogP contribution in [0, 0.1) is 5.82 Å². The molecule has 0 saturated carbocycles. The normalized spacial score (nSPS) is 11.9. The highest BCUT2D eigenvalue weighted by molar-refractivity contribution is 7.89. The number of hydroxylamine groups is 1. The SMILES string of the molecule is CN(OC(=O)C(F)(F)F)S(=O)(=O)c1cccc(Nc2cc(Nc3ccc(Cl)c(F)c3)ncn2)c1. The Morgan fingerprint density at radius 3 is 2.24 bits per heavy atom. The number of nitrogens with zero attached hydrogens (tertiary/aromatic N) is 3. The number of anilines is 4. The fourth-order valence-electron chi connectivity index (χ4n) is 2.46. The summed E-state index contributed by atoms with van der Waals surface area (Å²) in [7, 11) is -3.95. The quantitative estimate of drug-likeness (QED) is 0.349. The van der Waals surface area contributed by atoms with Gasteiger partial charge in [-0.2, -0.15) is 13.2 Å². The summed E-state index contributed by atoms with van der Waals surface area (Å²) in [5, 5.41) is 5.60. The maximum Gasteiger partial charge on any atom is 0.492 e. The van der Waals surface area contributed by atoms with Crippen LogP contribution in [0.3, 0.4) is 0 Å². The molecule has 0 atom stereocenters. The van der Waals surface area contributed by atoms with E-state index in [2.05, 4.69) is 25.4 Å². The van der Waals surface area contributed by atoms with Crippen molar-refractivity contribution in [3.8, 4) is 0 Å². The monoisotopic (exact) mass is 519 g/mol. The first-order valence-electron chi connectivity index (χ1n) is 9.05. The van der Waals surface area contributed by atoms with Gasteiger partial charge in [-0.25, -0.2) is 27.6 Å². The predicted octanol–water partition coefficient (Wildman–Crippen LogP) is 4.40. The molecular formula is C19H14ClF4N5O4S. The molecule has 3 rings (SSSR count). The summed E-state index contributed by atoms with van der Waals surface area (Å²) in [4.78, 5) is 22.3. The molecule has 2 N–H and O–H groups in total. The van der Waals surface area contributed by atoms with Crippen LogP contribution in [-0.4, -0.2) is 42.0 Å². The molecule has 0 aliphatic rings. The third-order valence-electron chi connectivity index (χ3n) is 4.04. The summed E-state index contributed by atoms with van der Waals surface area (Å²) in [6.07, 6.45) is -4.19. The zero-order valence-corrected chi connectivity index (χ0v) is 18.5. The van der Waals surface area contributed by atoms with Crippen LogP contribution in [0.1, 0.15) is 0 Å². The van der Waals surface area contributed by atoms with E-state index < -0.39 is 32.9 Å². The third-order valence-corrected chi connectivity index (χ3v) is 5.95. The predicted molar refractivity (Wildman–Crippen MR) is 114 cm³/mol. The van der Waals surface area contributed by atoms with E-state index in [0.29, 0.717) is 12.7 Å². The van der Waals surface area contributed by atoms with Crippen molar-refractivity contribution in [1.82, 2.24) is 14.4 Å². The molecule has 0 saturated heterocycles. The maximum atomic E-state index is 13.6. The van der Waals surface area contributed by atoms with Gasteiger partial charge in [0.25, 0.3) is 10.0 Å². The maximum absolute atomic E-state index is 13.6. The lowest BCUT2D eigenvalue weighted by Crippen LogP contribution is -2.36. The van der Waals surface area contributed by atoms with E-state index in [-0.39, 0.29) is 26.8 Å². The van der Waals surface area contributed by atoms with Gasteiger partial charge >= 0.3 is 12.1 Å². The second-order valence-corrected chi connectivity index (χ2v) is 8.83. The minimum Gasteiger partial charge on any atom is -0.345 e. The number of carbonyl (C=O) groups is 1. The lowest BCUT2D eigenvalue weighted by Gasteiger charge is -2.17. The van der Waals surface area contributed by atoms with Crippen LogP contribution in [0.4, 0.5) is 40.6 Å². The molecule has 0 unspecified atom stereocenters. The standard InChI is InChI=1S/C19H14ClF4N5O4S/c1-29(33-18(30)19(22,23)24)34(31,32)13-4-2-3-11(7-13)27-16-9-17(26-10-25-16)28-12-5-6-14(20)15(21)8-12/h2-10H,1H3,(H2,25,26,27,28). The first-order valence-corrected chi connectivity index (χ1v) is 10.9. The zero-order valence-electron chi connectivity index (χ0n) is 17.0. The van der Waals surface area contributed by atoms with Gasteiger partial charge in [0.2, 0.25) is 0 Å². The Bertz CT molecular complexity index is 1320. The van der Waals surface area contributed by atoms with Crippen LogP contribution in [0.25, 0.3) is 0 Å². The van der Waals surface area contributed by atoms with E-state index in [0.717, 1.165) is 18.2 Å². The van der Waals surface area contributed by atoms with E-state index in [1.807, 2.05) is 0 Å². The highest BCUT2D eigenvalue weighted by atomic mass is 35.5. The largest absolute Gasteiger partial charge is 0.492 e. The van der Waals surface area contributed by atoms with E-state index >= 15 is 0 Å². The van der Waals surface area contributed by atoms with Crippen LogP contribution in [-0.2, 0) is 19.7 Å². The van der Waals surface area contributed by atoms with Crippen molar-refractivity contribution in [1.29, 1.82) is 0 Å². The van der Waals surface area contributed by atoms with Crippen molar-refractivity contribution in [2.75, 3.05) is 17.7 Å². The Morgan fingerprint density at radius 1 is 1.03 bits per heavy atom. The smallest absolute Gasteiger partial charge is 0.345 e. The zero-order chi connectivity index (χ0) is 25.1. The summed E-state index contributed by atoms with van der Waals surface area (Å²) in [6.45, 7) is 0. The van der Waals surface area contributed by atoms with E-state index in [4.69, 9.17) is 11.6 Å². The van der Waals surface area contributed by atoms with Crippen LogP contribution < -0.4 is 10.6 Å². The number of halogens is 5. The van der Waals surface area contributed by atoms with Gasteiger partial charge < -0.3 is 15.5 Å². The van der Waals surface area contributed by atoms with Crippen molar-refractivity contribution >= 4 is 50.6 Å². The first-order chi connectivity index (χ1) is 15.9. The number of hydrogen-bond acceptors (Lipinski definition) is 8. The van der Waals surface area contributed by atoms with Gasteiger partial charge in [0.05, 0.1) is 9.92 Å². The van der Waals surface area contributed by atoms with Crippen molar-refractivity contribution in [2.24, 2.45) is 0 Å². The van der Waals surface area contributed by atoms with Crippen LogP contribution >= 0.6 is 11.6 Å². The Morgan fingerprint density at radius 2 is 1.65 bits per heavy atom. The molecular weight excluding hydrogens is 506 g/mol. The number of nitrogens with one attached hydrogen (secondary N) is 2. The number of sulfonamides is 1. The van der Waals surface area contributed by atoms with Gasteiger partial charge in [-0.05, 0) is 40.9 Å². The van der Waals surface area contributed by atoms with E-state index in [1.54, 1.807) is 0 Å². The lowest BCUT2D eigenvalue weighted by molar-refractivity contribution is -0.219. The Labute approximate surface area is 195 Å². The van der Waals surface area contributed by atoms with Crippen LogP contribution in [0.5, 0.6) is 0 Å². The molecule has 2 aromatic carbocycles. The molecule has 0 fully saturated rings. The fraction of sp³-hybridized carbons (Fsp3) is 0.105. The van der Waals surface area contributed by atoms with E-state index in [1.165, 1.54) is 36.7 Å². The summed E-state index contributed by atoms with van der Waals surface area (Å²) in [6, 6.07) is 10.4. The van der Waals surface area contributed by atoms with Gasteiger partial charge in [-0.3, -0.25) is 0 Å². The molecule has 34 heavy (non-hydrogen) atoms. The van der Waals surface area contributed by atoms with Crippen LogP contribution in [0.2, 0.25) is 5.02 Å². The second kappa shape index (κ2) is 9.79. The number of rotatable bonds is 7. The number of alkyl halides is 3. The molecule has 180 valence electrons. The van der Waals surface area contributed by atoms with Gasteiger partial charge in [0.1, 0.15) is 23.8 Å². The summed E-state index contributed by atoms with van der Waals surface area (Å²) >= 11 is 5.65. The third kappa shape index (κ3) is 6.09. The summed E-state index contributed by atoms with van der Waals surface area (Å²) < 4.78 is 75.5. The Balaban J connectivity index is 1.77. The Hall–Kier alpha value is -3.49. The molecule has 0 bridgehead atoms. The molecule has 9 nitrogen and oxygen atoms in total. The minimum atomic E-state index is -5.37. The summed E-state index contributed by atoms with van der Waals surface area (Å²) in [5.74, 6) is -2.85. The number of hydrogen-bond donors (Lipinski definition) is 2. The molecule has 0 radical (unpaired) electrons. The topological polar surface area (TPSA) is 114 Å². The molecule has 1 aromatic heterocycles. The van der Waals surface area contributed by atoms with Crippen LogP contribution in [0.15, 0.2) is 59.8 Å². The van der Waals surface area contributed by atoms with Crippen molar-refractivity contribution in [2.45, 2.75) is 11.1 Å². The first kappa shape index (κ1) is 25.1.